The molecule has 0 aliphatic heterocycles. The summed E-state index contributed by atoms with van der Waals surface area (Å²) in [5.41, 5.74) is 6.99. The Hall–Kier alpha value is -2.17. The average molecular weight is 281 g/mol. The number of benzene rings is 2. The fourth-order valence-corrected chi connectivity index (χ4v) is 1.74. The highest BCUT2D eigenvalue weighted by Crippen LogP contribution is 2.29. The molecule has 106 valence electrons. The molecule has 0 aliphatic rings. The minimum absolute atomic E-state index is 0.0767. The Labute approximate surface area is 115 Å². The first kappa shape index (κ1) is 14.2. The van der Waals surface area contributed by atoms with Crippen molar-refractivity contribution in [2.24, 2.45) is 0 Å². The van der Waals surface area contributed by atoms with E-state index in [4.69, 9.17) is 10.5 Å². The van der Waals surface area contributed by atoms with Crippen LogP contribution in [0, 0.1) is 6.92 Å². The number of halogens is 3. The first-order valence-electron chi connectivity index (χ1n) is 6.01. The molecule has 2 nitrogen and oxygen atoms in total. The van der Waals surface area contributed by atoms with Crippen molar-refractivity contribution in [3.05, 3.63) is 59.2 Å². The average Bonchev–Trinajstić information content (AvgIpc) is 2.39. The second kappa shape index (κ2) is 5.45. The lowest BCUT2D eigenvalue weighted by atomic mass is 10.1. The van der Waals surface area contributed by atoms with Crippen molar-refractivity contribution in [2.45, 2.75) is 19.7 Å². The molecule has 0 saturated heterocycles. The number of ether oxygens (including phenoxy) is 1. The molecule has 0 radical (unpaired) electrons. The van der Waals surface area contributed by atoms with E-state index in [1.807, 2.05) is 6.92 Å². The van der Waals surface area contributed by atoms with Gasteiger partial charge in [0.05, 0.1) is 5.56 Å². The van der Waals surface area contributed by atoms with Gasteiger partial charge in [0, 0.05) is 5.69 Å². The molecule has 0 atom stereocenters. The van der Waals surface area contributed by atoms with E-state index in [1.54, 1.807) is 24.3 Å². The Morgan fingerprint density at radius 1 is 1.10 bits per heavy atom. The molecule has 0 aliphatic carbocycles. The third-order valence-electron chi connectivity index (χ3n) is 2.90. The molecular weight excluding hydrogens is 267 g/mol. The molecule has 0 amide bonds. The summed E-state index contributed by atoms with van der Waals surface area (Å²) in [5.74, 6) is 0.578. The van der Waals surface area contributed by atoms with Crippen molar-refractivity contribution >= 4 is 5.69 Å². The van der Waals surface area contributed by atoms with E-state index in [2.05, 4.69) is 0 Å². The Morgan fingerprint density at radius 2 is 1.85 bits per heavy atom. The smallest absolute Gasteiger partial charge is 0.416 e. The summed E-state index contributed by atoms with van der Waals surface area (Å²) in [4.78, 5) is 0. The number of nitrogen functional groups attached to an aromatic ring is 1. The van der Waals surface area contributed by atoms with Crippen LogP contribution in [-0.2, 0) is 12.8 Å². The molecule has 0 unspecified atom stereocenters. The van der Waals surface area contributed by atoms with Crippen LogP contribution in [0.2, 0.25) is 0 Å². The summed E-state index contributed by atoms with van der Waals surface area (Å²) in [6.07, 6.45) is -4.34. The van der Waals surface area contributed by atoms with Gasteiger partial charge in [-0.1, -0.05) is 12.1 Å². The molecule has 20 heavy (non-hydrogen) atoms. The maximum absolute atomic E-state index is 12.6. The van der Waals surface area contributed by atoms with Gasteiger partial charge in [-0.3, -0.25) is 0 Å². The lowest BCUT2D eigenvalue weighted by molar-refractivity contribution is -0.137. The van der Waals surface area contributed by atoms with Crippen LogP contribution in [-0.4, -0.2) is 0 Å². The lowest BCUT2D eigenvalue weighted by Crippen LogP contribution is -2.06. The highest BCUT2D eigenvalue weighted by Gasteiger charge is 2.30. The minimum Gasteiger partial charge on any atom is -0.489 e. The molecule has 0 bridgehead atoms. The number of anilines is 1. The van der Waals surface area contributed by atoms with Crippen LogP contribution in [0.15, 0.2) is 42.5 Å². The second-order valence-electron chi connectivity index (χ2n) is 4.51. The maximum atomic E-state index is 12.6. The summed E-state index contributed by atoms with van der Waals surface area (Å²) in [7, 11) is 0. The van der Waals surface area contributed by atoms with Crippen molar-refractivity contribution in [3.63, 3.8) is 0 Å². The monoisotopic (exact) mass is 281 g/mol. The number of hydrogen-bond acceptors (Lipinski definition) is 2. The molecule has 2 aromatic rings. The van der Waals surface area contributed by atoms with E-state index < -0.39 is 11.7 Å². The van der Waals surface area contributed by atoms with Gasteiger partial charge in [-0.05, 0) is 48.4 Å². The van der Waals surface area contributed by atoms with Gasteiger partial charge >= 0.3 is 6.18 Å². The zero-order chi connectivity index (χ0) is 14.8. The molecule has 2 N–H and O–H groups in total. The molecular formula is C15H14F3NO. The number of rotatable bonds is 3. The molecule has 0 aromatic heterocycles. The summed E-state index contributed by atoms with van der Waals surface area (Å²) in [6.45, 7) is 1.92. The molecule has 0 saturated carbocycles. The number of hydrogen-bond donors (Lipinski definition) is 1. The van der Waals surface area contributed by atoms with Crippen LogP contribution in [0.3, 0.4) is 0 Å². The largest absolute Gasteiger partial charge is 0.489 e. The minimum atomic E-state index is -4.34. The van der Waals surface area contributed by atoms with Crippen LogP contribution < -0.4 is 10.5 Å². The number of nitrogens with two attached hydrogens (primary N) is 1. The van der Waals surface area contributed by atoms with Crippen molar-refractivity contribution in [1.29, 1.82) is 0 Å². The normalized spacial score (nSPS) is 11.4. The Morgan fingerprint density at radius 3 is 2.50 bits per heavy atom. The molecule has 0 fully saturated rings. The molecule has 2 rings (SSSR count). The SMILES string of the molecule is Cc1cc(OCc2cccc(C(F)(F)F)c2)ccc1N. The number of alkyl halides is 3. The van der Waals surface area contributed by atoms with E-state index in [1.165, 1.54) is 6.07 Å². The summed E-state index contributed by atoms with van der Waals surface area (Å²) in [6, 6.07) is 10.2. The number of aryl methyl sites for hydroxylation is 1. The Bertz CT molecular complexity index is 608. The van der Waals surface area contributed by atoms with Crippen LogP contribution in [0.25, 0.3) is 0 Å². The highest BCUT2D eigenvalue weighted by atomic mass is 19.4. The third kappa shape index (κ3) is 3.44. The fraction of sp³-hybridized carbons (Fsp3) is 0.200. The quantitative estimate of drug-likeness (QED) is 0.857. The van der Waals surface area contributed by atoms with Crippen LogP contribution in [0.5, 0.6) is 5.75 Å². The molecule has 5 heteroatoms. The van der Waals surface area contributed by atoms with Gasteiger partial charge in [0.25, 0.3) is 0 Å². The fourth-order valence-electron chi connectivity index (χ4n) is 1.74. The van der Waals surface area contributed by atoms with Crippen molar-refractivity contribution < 1.29 is 17.9 Å². The summed E-state index contributed by atoms with van der Waals surface area (Å²) < 4.78 is 43.2. The standard InChI is InChI=1S/C15H14F3NO/c1-10-7-13(5-6-14(10)19)20-9-11-3-2-4-12(8-11)15(16,17)18/h2-8H,9,19H2,1H3. The van der Waals surface area contributed by atoms with Gasteiger partial charge in [-0.2, -0.15) is 13.2 Å². The van der Waals surface area contributed by atoms with Gasteiger partial charge in [-0.25, -0.2) is 0 Å². The van der Waals surface area contributed by atoms with Gasteiger partial charge in [0.15, 0.2) is 0 Å². The van der Waals surface area contributed by atoms with Crippen LogP contribution in [0.4, 0.5) is 18.9 Å². The summed E-state index contributed by atoms with van der Waals surface area (Å²) >= 11 is 0. The predicted octanol–water partition coefficient (Wildman–Crippen LogP) is 4.18. The van der Waals surface area contributed by atoms with Gasteiger partial charge in [0.2, 0.25) is 0 Å². The van der Waals surface area contributed by atoms with E-state index in [0.29, 0.717) is 17.0 Å². The molecule has 0 spiro atoms. The van der Waals surface area contributed by atoms with E-state index in [9.17, 15) is 13.2 Å². The maximum Gasteiger partial charge on any atom is 0.416 e. The Balaban J connectivity index is 2.09. The zero-order valence-corrected chi connectivity index (χ0v) is 10.9. The third-order valence-corrected chi connectivity index (χ3v) is 2.90. The van der Waals surface area contributed by atoms with Crippen molar-refractivity contribution in [2.75, 3.05) is 5.73 Å². The van der Waals surface area contributed by atoms with Crippen LogP contribution in [0.1, 0.15) is 16.7 Å². The first-order chi connectivity index (χ1) is 9.36. The Kier molecular flexibility index (Phi) is 3.88. The zero-order valence-electron chi connectivity index (χ0n) is 10.9. The first-order valence-corrected chi connectivity index (χ1v) is 6.01. The van der Waals surface area contributed by atoms with E-state index in [0.717, 1.165) is 17.7 Å². The summed E-state index contributed by atoms with van der Waals surface area (Å²) in [5, 5.41) is 0. The predicted molar refractivity (Wildman–Crippen MR) is 71.4 cm³/mol. The van der Waals surface area contributed by atoms with Gasteiger partial charge in [-0.15, -0.1) is 0 Å². The molecule has 0 heterocycles. The van der Waals surface area contributed by atoms with Crippen molar-refractivity contribution in [3.8, 4) is 5.75 Å². The lowest BCUT2D eigenvalue weighted by Gasteiger charge is -2.11. The van der Waals surface area contributed by atoms with E-state index in [-0.39, 0.29) is 6.61 Å². The van der Waals surface area contributed by atoms with Gasteiger partial charge < -0.3 is 10.5 Å². The topological polar surface area (TPSA) is 35.2 Å². The van der Waals surface area contributed by atoms with Crippen molar-refractivity contribution in [1.82, 2.24) is 0 Å². The van der Waals surface area contributed by atoms with Crippen LogP contribution >= 0.6 is 0 Å². The van der Waals surface area contributed by atoms with Gasteiger partial charge in [0.1, 0.15) is 12.4 Å². The highest BCUT2D eigenvalue weighted by molar-refractivity contribution is 5.49. The van der Waals surface area contributed by atoms with E-state index >= 15 is 0 Å². The second-order valence-corrected chi connectivity index (χ2v) is 4.51. The molecule has 2 aromatic carbocycles.